The molecule has 19 heavy (non-hydrogen) atoms. The summed E-state index contributed by atoms with van der Waals surface area (Å²) in [5, 5.41) is 0. The fourth-order valence-electron chi connectivity index (χ4n) is 2.24. The van der Waals surface area contributed by atoms with E-state index in [9.17, 15) is 4.79 Å². The van der Waals surface area contributed by atoms with E-state index in [2.05, 4.69) is 38.0 Å². The first-order valence-electron chi connectivity index (χ1n) is 6.22. The van der Waals surface area contributed by atoms with Gasteiger partial charge in [0.25, 0.3) is 5.56 Å². The minimum atomic E-state index is 0.0499. The van der Waals surface area contributed by atoms with Gasteiger partial charge in [-0.05, 0) is 43.5 Å². The molecule has 1 aliphatic carbocycles. The summed E-state index contributed by atoms with van der Waals surface area (Å²) in [6.07, 6.45) is 2.86. The molecule has 0 atom stereocenters. The van der Waals surface area contributed by atoms with Crippen molar-refractivity contribution in [3.8, 4) is 0 Å². The van der Waals surface area contributed by atoms with E-state index >= 15 is 0 Å². The minimum Gasteiger partial charge on any atom is -0.310 e. The van der Waals surface area contributed by atoms with Crippen LogP contribution in [0.4, 0.5) is 0 Å². The minimum absolute atomic E-state index is 0.0499. The lowest BCUT2D eigenvalue weighted by Gasteiger charge is -2.04. The van der Waals surface area contributed by atoms with Gasteiger partial charge in [0.05, 0.1) is 11.4 Å². The molecule has 0 amide bonds. The molecular formula is C14H13BrN2OS. The molecule has 0 aliphatic heterocycles. The van der Waals surface area contributed by atoms with Crippen molar-refractivity contribution in [2.45, 2.75) is 29.9 Å². The highest BCUT2D eigenvalue weighted by molar-refractivity contribution is 9.10. The van der Waals surface area contributed by atoms with Crippen LogP contribution >= 0.6 is 27.7 Å². The molecule has 0 radical (unpaired) electrons. The second kappa shape index (κ2) is 5.51. The SMILES string of the molecule is O=c1[nH]c(CSc2ccc(Br)cc2)nc2c1CCC2. The van der Waals surface area contributed by atoms with Crippen LogP contribution in [-0.4, -0.2) is 9.97 Å². The predicted molar refractivity (Wildman–Crippen MR) is 80.6 cm³/mol. The zero-order chi connectivity index (χ0) is 13.2. The highest BCUT2D eigenvalue weighted by Gasteiger charge is 2.16. The fourth-order valence-corrected chi connectivity index (χ4v) is 3.28. The van der Waals surface area contributed by atoms with Gasteiger partial charge >= 0.3 is 0 Å². The normalized spacial score (nSPS) is 13.5. The molecule has 1 aromatic carbocycles. The van der Waals surface area contributed by atoms with Crippen LogP contribution in [0.1, 0.15) is 23.5 Å². The Morgan fingerprint density at radius 3 is 2.84 bits per heavy atom. The number of aryl methyl sites for hydroxylation is 1. The lowest BCUT2D eigenvalue weighted by molar-refractivity contribution is 0.893. The standard InChI is InChI=1S/C14H13BrN2OS/c15-9-4-6-10(7-5-9)19-8-13-16-12-3-1-2-11(12)14(18)17-13/h4-7H,1-3,8H2,(H,16,17,18). The Kier molecular flexibility index (Phi) is 3.75. The summed E-state index contributed by atoms with van der Waals surface area (Å²) in [5.41, 5.74) is 1.93. The summed E-state index contributed by atoms with van der Waals surface area (Å²) in [7, 11) is 0. The number of hydrogen-bond acceptors (Lipinski definition) is 3. The predicted octanol–water partition coefficient (Wildman–Crippen LogP) is 3.31. The lowest BCUT2D eigenvalue weighted by Crippen LogP contribution is -2.16. The number of nitrogens with zero attached hydrogens (tertiary/aromatic N) is 1. The zero-order valence-corrected chi connectivity index (χ0v) is 12.7. The molecule has 0 bridgehead atoms. The first-order chi connectivity index (χ1) is 9.22. The summed E-state index contributed by atoms with van der Waals surface area (Å²) in [5.74, 6) is 1.48. The molecule has 1 aromatic heterocycles. The second-order valence-corrected chi connectivity index (χ2v) is 6.50. The van der Waals surface area contributed by atoms with E-state index in [0.29, 0.717) is 5.75 Å². The van der Waals surface area contributed by atoms with Gasteiger partial charge in [0.1, 0.15) is 5.82 Å². The van der Waals surface area contributed by atoms with Gasteiger partial charge in [0, 0.05) is 14.9 Å². The van der Waals surface area contributed by atoms with Crippen molar-refractivity contribution in [3.63, 3.8) is 0 Å². The number of nitrogens with one attached hydrogen (secondary N) is 1. The maximum atomic E-state index is 11.9. The zero-order valence-electron chi connectivity index (χ0n) is 10.3. The largest absolute Gasteiger partial charge is 0.310 e. The number of aromatic nitrogens is 2. The summed E-state index contributed by atoms with van der Waals surface area (Å²) >= 11 is 5.10. The van der Waals surface area contributed by atoms with Crippen LogP contribution in [0.2, 0.25) is 0 Å². The summed E-state index contributed by atoms with van der Waals surface area (Å²) in [4.78, 5) is 20.5. The van der Waals surface area contributed by atoms with Gasteiger partial charge in [0.2, 0.25) is 0 Å². The number of H-pyrrole nitrogens is 1. The summed E-state index contributed by atoms with van der Waals surface area (Å²) in [6.45, 7) is 0. The van der Waals surface area contributed by atoms with Crippen molar-refractivity contribution in [1.82, 2.24) is 9.97 Å². The van der Waals surface area contributed by atoms with Crippen LogP contribution in [0.3, 0.4) is 0 Å². The van der Waals surface area contributed by atoms with E-state index in [1.807, 2.05) is 12.1 Å². The van der Waals surface area contributed by atoms with E-state index in [-0.39, 0.29) is 5.56 Å². The summed E-state index contributed by atoms with van der Waals surface area (Å²) < 4.78 is 1.07. The fraction of sp³-hybridized carbons (Fsp3) is 0.286. The van der Waals surface area contributed by atoms with Gasteiger partial charge in [-0.25, -0.2) is 4.98 Å². The van der Waals surface area contributed by atoms with Gasteiger partial charge in [0.15, 0.2) is 0 Å². The van der Waals surface area contributed by atoms with E-state index in [4.69, 9.17) is 0 Å². The Labute approximate surface area is 124 Å². The van der Waals surface area contributed by atoms with Gasteiger partial charge in [-0.3, -0.25) is 4.79 Å². The van der Waals surface area contributed by atoms with Crippen LogP contribution in [0.25, 0.3) is 0 Å². The van der Waals surface area contributed by atoms with Crippen molar-refractivity contribution in [2.24, 2.45) is 0 Å². The molecule has 0 spiro atoms. The average Bonchev–Trinajstić information content (AvgIpc) is 2.87. The number of rotatable bonds is 3. The van der Waals surface area contributed by atoms with Crippen LogP contribution in [0.15, 0.2) is 38.4 Å². The molecule has 0 saturated carbocycles. The van der Waals surface area contributed by atoms with Gasteiger partial charge in [-0.15, -0.1) is 11.8 Å². The third-order valence-electron chi connectivity index (χ3n) is 3.18. The average molecular weight is 337 g/mol. The van der Waals surface area contributed by atoms with Crippen LogP contribution < -0.4 is 5.56 Å². The van der Waals surface area contributed by atoms with Crippen molar-refractivity contribution < 1.29 is 0 Å². The first-order valence-corrected chi connectivity index (χ1v) is 7.99. The maximum Gasteiger partial charge on any atom is 0.254 e. The van der Waals surface area contributed by atoms with Gasteiger partial charge < -0.3 is 4.98 Å². The Hall–Kier alpha value is -1.07. The van der Waals surface area contributed by atoms with Crippen molar-refractivity contribution in [3.05, 3.63) is 56.2 Å². The highest BCUT2D eigenvalue weighted by Crippen LogP contribution is 2.24. The Morgan fingerprint density at radius 1 is 1.26 bits per heavy atom. The lowest BCUT2D eigenvalue weighted by atomic mass is 10.2. The third-order valence-corrected chi connectivity index (χ3v) is 4.73. The molecule has 0 fully saturated rings. The molecule has 0 unspecified atom stereocenters. The second-order valence-electron chi connectivity index (χ2n) is 4.53. The van der Waals surface area contributed by atoms with Crippen LogP contribution in [0.5, 0.6) is 0 Å². The molecule has 2 aromatic rings. The molecule has 98 valence electrons. The number of fused-ring (bicyclic) bond motifs is 1. The van der Waals surface area contributed by atoms with Gasteiger partial charge in [-0.1, -0.05) is 15.9 Å². The maximum absolute atomic E-state index is 11.9. The number of hydrogen-bond donors (Lipinski definition) is 1. The number of aromatic amines is 1. The van der Waals surface area contributed by atoms with E-state index in [1.165, 1.54) is 4.90 Å². The number of benzene rings is 1. The first kappa shape index (κ1) is 12.9. The van der Waals surface area contributed by atoms with Crippen LogP contribution in [0, 0.1) is 0 Å². The summed E-state index contributed by atoms with van der Waals surface area (Å²) in [6, 6.07) is 8.14. The quantitative estimate of drug-likeness (QED) is 0.874. The smallest absolute Gasteiger partial charge is 0.254 e. The number of thioether (sulfide) groups is 1. The Morgan fingerprint density at radius 2 is 2.05 bits per heavy atom. The molecule has 3 rings (SSSR count). The Balaban J connectivity index is 1.75. The third kappa shape index (κ3) is 2.92. The Bertz CT molecular complexity index is 651. The van der Waals surface area contributed by atoms with Gasteiger partial charge in [-0.2, -0.15) is 0 Å². The van der Waals surface area contributed by atoms with Crippen molar-refractivity contribution in [2.75, 3.05) is 0 Å². The molecular weight excluding hydrogens is 324 g/mol. The van der Waals surface area contributed by atoms with E-state index < -0.39 is 0 Å². The van der Waals surface area contributed by atoms with E-state index in [1.54, 1.807) is 11.8 Å². The van der Waals surface area contributed by atoms with Crippen LogP contribution in [-0.2, 0) is 18.6 Å². The highest BCUT2D eigenvalue weighted by atomic mass is 79.9. The van der Waals surface area contributed by atoms with Crippen molar-refractivity contribution in [1.29, 1.82) is 0 Å². The topological polar surface area (TPSA) is 45.8 Å². The number of halogens is 1. The molecule has 1 N–H and O–H groups in total. The molecule has 5 heteroatoms. The van der Waals surface area contributed by atoms with E-state index in [0.717, 1.165) is 40.8 Å². The molecule has 0 saturated heterocycles. The molecule has 1 aliphatic rings. The molecule has 1 heterocycles. The monoisotopic (exact) mass is 336 g/mol. The van der Waals surface area contributed by atoms with Crippen molar-refractivity contribution >= 4 is 27.7 Å². The molecule has 3 nitrogen and oxygen atoms in total.